The summed E-state index contributed by atoms with van der Waals surface area (Å²) >= 11 is 2.83. The van der Waals surface area contributed by atoms with Gasteiger partial charge in [0, 0.05) is 40.6 Å². The number of nitrogens with zero attached hydrogens (tertiary/aromatic N) is 2. The largest absolute Gasteiger partial charge is 0.416 e. The fourth-order valence-corrected chi connectivity index (χ4v) is 5.99. The van der Waals surface area contributed by atoms with Gasteiger partial charge in [0.15, 0.2) is 5.13 Å². The number of halogens is 3. The van der Waals surface area contributed by atoms with Crippen LogP contribution in [0.15, 0.2) is 77.8 Å². The molecule has 200 valence electrons. The van der Waals surface area contributed by atoms with Crippen molar-refractivity contribution < 1.29 is 22.8 Å². The molecular formula is C28H23F3N4O2S2. The Morgan fingerprint density at radius 3 is 2.69 bits per heavy atom. The zero-order chi connectivity index (χ0) is 27.6. The summed E-state index contributed by atoms with van der Waals surface area (Å²) in [5, 5.41) is 7.09. The summed E-state index contributed by atoms with van der Waals surface area (Å²) in [7, 11) is 0. The molecular weight excluding hydrogens is 545 g/mol. The number of carbonyl (C=O) groups excluding carboxylic acids is 2. The molecule has 5 aromatic rings. The monoisotopic (exact) mass is 568 g/mol. The van der Waals surface area contributed by atoms with Crippen molar-refractivity contribution >= 4 is 61.2 Å². The van der Waals surface area contributed by atoms with Gasteiger partial charge in [-0.2, -0.15) is 13.2 Å². The number of benzene rings is 3. The minimum Gasteiger partial charge on any atom is -0.350 e. The van der Waals surface area contributed by atoms with Crippen LogP contribution in [-0.4, -0.2) is 33.7 Å². The van der Waals surface area contributed by atoms with Crippen molar-refractivity contribution in [1.82, 2.24) is 14.9 Å². The molecule has 0 unspecified atom stereocenters. The van der Waals surface area contributed by atoms with Crippen LogP contribution < -0.4 is 10.6 Å². The zero-order valence-corrected chi connectivity index (χ0v) is 22.3. The Morgan fingerprint density at radius 2 is 1.87 bits per heavy atom. The van der Waals surface area contributed by atoms with Crippen molar-refractivity contribution in [2.24, 2.45) is 0 Å². The van der Waals surface area contributed by atoms with Crippen LogP contribution >= 0.6 is 23.1 Å². The van der Waals surface area contributed by atoms with Gasteiger partial charge in [0.25, 0.3) is 5.91 Å². The molecule has 0 aliphatic heterocycles. The van der Waals surface area contributed by atoms with Gasteiger partial charge in [0.2, 0.25) is 5.91 Å². The third kappa shape index (κ3) is 6.26. The molecule has 2 amide bonds. The Labute approximate surface area is 230 Å². The molecule has 0 bridgehead atoms. The van der Waals surface area contributed by atoms with E-state index in [-0.39, 0.29) is 23.8 Å². The van der Waals surface area contributed by atoms with E-state index in [2.05, 4.69) is 15.6 Å². The topological polar surface area (TPSA) is 76.0 Å². The van der Waals surface area contributed by atoms with Crippen LogP contribution in [0, 0.1) is 6.92 Å². The van der Waals surface area contributed by atoms with E-state index < -0.39 is 17.6 Å². The maximum atomic E-state index is 13.0. The van der Waals surface area contributed by atoms with Crippen molar-refractivity contribution in [2.45, 2.75) is 24.5 Å². The summed E-state index contributed by atoms with van der Waals surface area (Å²) in [6.45, 7) is 2.63. The number of thioether (sulfide) groups is 1. The van der Waals surface area contributed by atoms with Crippen molar-refractivity contribution in [3.8, 4) is 0 Å². The van der Waals surface area contributed by atoms with E-state index in [1.165, 1.54) is 35.2 Å². The number of fused-ring (bicyclic) bond motifs is 2. The Balaban J connectivity index is 1.21. The summed E-state index contributed by atoms with van der Waals surface area (Å²) in [4.78, 5) is 30.5. The van der Waals surface area contributed by atoms with Gasteiger partial charge in [0.1, 0.15) is 0 Å². The smallest absolute Gasteiger partial charge is 0.350 e. The highest BCUT2D eigenvalue weighted by Crippen LogP contribution is 2.32. The quantitative estimate of drug-likeness (QED) is 0.203. The minimum atomic E-state index is -4.52. The first kappa shape index (κ1) is 26.8. The number of thiazole rings is 1. The zero-order valence-electron chi connectivity index (χ0n) is 20.7. The summed E-state index contributed by atoms with van der Waals surface area (Å²) < 4.78 is 41.9. The number of aryl methyl sites for hydroxylation is 1. The van der Waals surface area contributed by atoms with Gasteiger partial charge in [-0.15, -0.1) is 11.8 Å². The average molecular weight is 569 g/mol. The van der Waals surface area contributed by atoms with E-state index >= 15 is 0 Å². The molecule has 2 heterocycles. The molecule has 2 aromatic heterocycles. The maximum Gasteiger partial charge on any atom is 0.416 e. The highest BCUT2D eigenvalue weighted by molar-refractivity contribution is 8.00. The third-order valence-corrected chi connectivity index (χ3v) is 7.97. The Hall–Kier alpha value is -3.83. The van der Waals surface area contributed by atoms with E-state index in [1.807, 2.05) is 60.2 Å². The second kappa shape index (κ2) is 11.1. The number of hydrogen-bond acceptors (Lipinski definition) is 5. The van der Waals surface area contributed by atoms with Crippen LogP contribution in [0.1, 0.15) is 21.5 Å². The van der Waals surface area contributed by atoms with E-state index in [0.29, 0.717) is 11.7 Å². The van der Waals surface area contributed by atoms with Crippen molar-refractivity contribution in [2.75, 3.05) is 17.6 Å². The molecule has 0 saturated heterocycles. The number of hydrogen-bond donors (Lipinski definition) is 2. The van der Waals surface area contributed by atoms with E-state index in [9.17, 15) is 22.8 Å². The van der Waals surface area contributed by atoms with Crippen LogP contribution in [0.3, 0.4) is 0 Å². The van der Waals surface area contributed by atoms with E-state index in [4.69, 9.17) is 0 Å². The minimum absolute atomic E-state index is 0.0484. The second-order valence-electron chi connectivity index (χ2n) is 8.87. The van der Waals surface area contributed by atoms with Gasteiger partial charge in [0.05, 0.1) is 21.5 Å². The average Bonchev–Trinajstić information content (AvgIpc) is 3.47. The molecule has 2 N–H and O–H groups in total. The molecule has 0 atom stereocenters. The number of alkyl halides is 3. The predicted molar refractivity (Wildman–Crippen MR) is 149 cm³/mol. The molecule has 5 rings (SSSR count). The number of para-hydroxylation sites is 1. The molecule has 0 spiro atoms. The Morgan fingerprint density at radius 1 is 1.05 bits per heavy atom. The van der Waals surface area contributed by atoms with Crippen LogP contribution in [0.5, 0.6) is 0 Å². The Kier molecular flexibility index (Phi) is 7.62. The summed E-state index contributed by atoms with van der Waals surface area (Å²) in [5.41, 5.74) is 1.99. The van der Waals surface area contributed by atoms with Gasteiger partial charge in [-0.25, -0.2) is 4.98 Å². The molecule has 3 aromatic carbocycles. The van der Waals surface area contributed by atoms with Gasteiger partial charge in [-0.1, -0.05) is 41.7 Å². The van der Waals surface area contributed by atoms with Crippen molar-refractivity contribution in [3.63, 3.8) is 0 Å². The molecule has 0 aliphatic rings. The van der Waals surface area contributed by atoms with Gasteiger partial charge in [-0.05, 0) is 48.9 Å². The predicted octanol–water partition coefficient (Wildman–Crippen LogP) is 6.74. The first-order chi connectivity index (χ1) is 18.7. The molecule has 6 nitrogen and oxygen atoms in total. The first-order valence-electron chi connectivity index (χ1n) is 12.0. The standard InChI is InChI=1S/C28H23F3N4O2S2/c1-17-9-10-21-23(13-17)39-27(33-21)34-25(36)16-38-24-15-35(22-8-3-2-7-20(22)24)12-11-32-26(37)18-5-4-6-19(14-18)28(29,30)31/h2-10,13-15H,11-12,16H2,1H3,(H,32,37)(H,33,34,36). The van der Waals surface area contributed by atoms with Gasteiger partial charge in [-0.3, -0.25) is 9.59 Å². The SMILES string of the molecule is Cc1ccc2nc(NC(=O)CSc3cn(CCNC(=O)c4cccc(C(F)(F)F)c4)c4ccccc34)sc2c1. The van der Waals surface area contributed by atoms with Gasteiger partial charge >= 0.3 is 6.18 Å². The summed E-state index contributed by atoms with van der Waals surface area (Å²) in [6.07, 6.45) is -2.60. The second-order valence-corrected chi connectivity index (χ2v) is 10.9. The number of nitrogens with one attached hydrogen (secondary N) is 2. The van der Waals surface area contributed by atoms with Crippen LogP contribution in [0.4, 0.5) is 18.3 Å². The number of carbonyl (C=O) groups is 2. The number of aromatic nitrogens is 2. The molecule has 11 heteroatoms. The highest BCUT2D eigenvalue weighted by Gasteiger charge is 2.30. The highest BCUT2D eigenvalue weighted by atomic mass is 32.2. The number of amides is 2. The molecule has 0 radical (unpaired) electrons. The van der Waals surface area contributed by atoms with Crippen LogP contribution in [0.2, 0.25) is 0 Å². The molecule has 0 fully saturated rings. The van der Waals surface area contributed by atoms with E-state index in [1.54, 1.807) is 0 Å². The Bertz CT molecular complexity index is 1680. The molecule has 39 heavy (non-hydrogen) atoms. The lowest BCUT2D eigenvalue weighted by atomic mass is 10.1. The molecule has 0 aliphatic carbocycles. The fourth-order valence-electron chi connectivity index (χ4n) is 4.13. The lowest BCUT2D eigenvalue weighted by Crippen LogP contribution is -2.27. The molecule has 0 saturated carbocycles. The lowest BCUT2D eigenvalue weighted by molar-refractivity contribution is -0.137. The maximum absolute atomic E-state index is 13.0. The summed E-state index contributed by atoms with van der Waals surface area (Å²) in [5.74, 6) is -0.551. The van der Waals surface area contributed by atoms with Crippen molar-refractivity contribution in [3.05, 3.63) is 89.6 Å². The van der Waals surface area contributed by atoms with Gasteiger partial charge < -0.3 is 15.2 Å². The van der Waals surface area contributed by atoms with Crippen LogP contribution in [0.25, 0.3) is 21.1 Å². The number of anilines is 1. The number of rotatable bonds is 8. The third-order valence-electron chi connectivity index (χ3n) is 5.99. The van der Waals surface area contributed by atoms with Crippen molar-refractivity contribution in [1.29, 1.82) is 0 Å². The van der Waals surface area contributed by atoms with E-state index in [0.717, 1.165) is 43.7 Å². The first-order valence-corrected chi connectivity index (χ1v) is 13.8. The normalized spacial score (nSPS) is 11.7. The summed E-state index contributed by atoms with van der Waals surface area (Å²) in [6, 6.07) is 18.0. The van der Waals surface area contributed by atoms with Crippen LogP contribution in [-0.2, 0) is 17.5 Å². The lowest BCUT2D eigenvalue weighted by Gasteiger charge is -2.10. The fraction of sp³-hybridized carbons (Fsp3) is 0.179.